The van der Waals surface area contributed by atoms with Crippen molar-refractivity contribution in [1.29, 1.82) is 0 Å². The zero-order valence-corrected chi connectivity index (χ0v) is 16.8. The monoisotopic (exact) mass is 410 g/mol. The molecule has 0 aliphatic carbocycles. The summed E-state index contributed by atoms with van der Waals surface area (Å²) in [4.78, 5) is 39.1. The molecule has 1 N–H and O–H groups in total. The van der Waals surface area contributed by atoms with E-state index in [1.54, 1.807) is 30.0 Å². The maximum Gasteiger partial charge on any atom is 0.294 e. The second-order valence-corrected chi connectivity index (χ2v) is 7.71. The minimum absolute atomic E-state index is 0.300. The van der Waals surface area contributed by atoms with Crippen LogP contribution in [0.15, 0.2) is 76.5 Å². The summed E-state index contributed by atoms with van der Waals surface area (Å²) in [5.74, 6) is -0.873. The molecule has 0 aromatic heterocycles. The van der Waals surface area contributed by atoms with Crippen molar-refractivity contribution in [2.45, 2.75) is 4.90 Å². The predicted octanol–water partition coefficient (Wildman–Crippen LogP) is 4.64. The summed E-state index contributed by atoms with van der Waals surface area (Å²) in [6, 6.07) is 17.0. The Kier molecular flexibility index (Phi) is 6.73. The lowest BCUT2D eigenvalue weighted by molar-refractivity contribution is -0.127. The van der Waals surface area contributed by atoms with Gasteiger partial charge in [0.05, 0.1) is 4.91 Å². The van der Waals surface area contributed by atoms with Crippen LogP contribution in [0.1, 0.15) is 5.56 Å². The number of nitrogens with zero attached hydrogens (tertiary/aromatic N) is 1. The van der Waals surface area contributed by atoms with E-state index in [1.165, 1.54) is 0 Å². The van der Waals surface area contributed by atoms with Gasteiger partial charge in [0.2, 0.25) is 5.91 Å². The van der Waals surface area contributed by atoms with Gasteiger partial charge in [0.1, 0.15) is 6.54 Å². The second kappa shape index (κ2) is 9.43. The molecule has 1 saturated heterocycles. The SMILES string of the molecule is CSc1cccc(NC(=O)CN2C(=O)S/C(=C/C=C\c3ccccc3)C2=O)c1. The molecular formula is C21H18N2O3S2. The molecule has 1 heterocycles. The first-order chi connectivity index (χ1) is 13.6. The van der Waals surface area contributed by atoms with Crippen LogP contribution in [0.4, 0.5) is 10.5 Å². The fraction of sp³-hybridized carbons (Fsp3) is 0.0952. The number of benzene rings is 2. The van der Waals surface area contributed by atoms with Gasteiger partial charge in [0.15, 0.2) is 0 Å². The molecule has 1 aliphatic heterocycles. The van der Waals surface area contributed by atoms with Crippen LogP contribution in [0.25, 0.3) is 6.08 Å². The Morgan fingerprint density at radius 3 is 2.68 bits per heavy atom. The fourth-order valence-corrected chi connectivity index (χ4v) is 3.76. The lowest BCUT2D eigenvalue weighted by Gasteiger charge is -2.12. The van der Waals surface area contributed by atoms with Crippen LogP contribution in [-0.2, 0) is 9.59 Å². The number of nitrogens with one attached hydrogen (secondary N) is 1. The standard InChI is InChI=1S/C21H18N2O3S2/c1-27-17-11-6-10-16(13-17)22-19(24)14-23-20(25)18(28-21(23)26)12-5-9-15-7-3-2-4-8-15/h2-13H,14H2,1H3,(H,22,24)/b9-5-,18-12+. The summed E-state index contributed by atoms with van der Waals surface area (Å²) in [5, 5.41) is 2.28. The Bertz CT molecular complexity index is 955. The average molecular weight is 411 g/mol. The van der Waals surface area contributed by atoms with Crippen LogP contribution >= 0.6 is 23.5 Å². The molecule has 5 nitrogen and oxygen atoms in total. The third-order valence-corrected chi connectivity index (χ3v) is 5.52. The fourth-order valence-electron chi connectivity index (χ4n) is 2.51. The number of hydrogen-bond donors (Lipinski definition) is 1. The highest BCUT2D eigenvalue weighted by molar-refractivity contribution is 8.18. The summed E-state index contributed by atoms with van der Waals surface area (Å²) >= 11 is 2.40. The largest absolute Gasteiger partial charge is 0.324 e. The van der Waals surface area contributed by atoms with Crippen molar-refractivity contribution < 1.29 is 14.4 Å². The lowest BCUT2D eigenvalue weighted by atomic mass is 10.2. The van der Waals surface area contributed by atoms with E-state index in [0.717, 1.165) is 27.1 Å². The third kappa shape index (κ3) is 5.15. The van der Waals surface area contributed by atoms with Crippen LogP contribution in [0.2, 0.25) is 0 Å². The number of amides is 3. The third-order valence-electron chi connectivity index (χ3n) is 3.86. The van der Waals surface area contributed by atoms with Crippen LogP contribution in [0, 0.1) is 0 Å². The van der Waals surface area contributed by atoms with Gasteiger partial charge in [-0.25, -0.2) is 0 Å². The number of anilines is 1. The summed E-state index contributed by atoms with van der Waals surface area (Å²) in [5.41, 5.74) is 1.62. The quantitative estimate of drug-likeness (QED) is 0.555. The molecule has 3 amide bonds. The summed E-state index contributed by atoms with van der Waals surface area (Å²) in [7, 11) is 0. The molecule has 3 rings (SSSR count). The molecule has 1 aliphatic rings. The van der Waals surface area contributed by atoms with Gasteiger partial charge in [-0.3, -0.25) is 19.3 Å². The first-order valence-corrected chi connectivity index (χ1v) is 10.5. The van der Waals surface area contributed by atoms with E-state index in [4.69, 9.17) is 0 Å². The van der Waals surface area contributed by atoms with Gasteiger partial charge in [-0.05, 0) is 47.9 Å². The molecule has 1 fully saturated rings. The number of carbonyl (C=O) groups excluding carboxylic acids is 3. The summed E-state index contributed by atoms with van der Waals surface area (Å²) < 4.78 is 0. The summed E-state index contributed by atoms with van der Waals surface area (Å²) in [6.45, 7) is -0.312. The van der Waals surface area contributed by atoms with Crippen LogP contribution in [0.3, 0.4) is 0 Å². The topological polar surface area (TPSA) is 66.5 Å². The van der Waals surface area contributed by atoms with Gasteiger partial charge >= 0.3 is 0 Å². The van der Waals surface area contributed by atoms with Gasteiger partial charge in [-0.2, -0.15) is 0 Å². The van der Waals surface area contributed by atoms with Gasteiger partial charge < -0.3 is 5.32 Å². The average Bonchev–Trinajstić information content (AvgIpc) is 2.96. The van der Waals surface area contributed by atoms with Crippen molar-refractivity contribution in [1.82, 2.24) is 4.90 Å². The van der Waals surface area contributed by atoms with Gasteiger partial charge in [0, 0.05) is 10.6 Å². The molecule has 2 aromatic rings. The molecule has 0 bridgehead atoms. The van der Waals surface area contributed by atoms with Crippen molar-refractivity contribution in [3.05, 3.63) is 77.2 Å². The Hall–Kier alpha value is -2.77. The normalized spacial score (nSPS) is 15.6. The Balaban J connectivity index is 1.62. The number of rotatable bonds is 6. The number of thioether (sulfide) groups is 2. The zero-order valence-electron chi connectivity index (χ0n) is 15.1. The molecule has 0 radical (unpaired) electrons. The lowest BCUT2D eigenvalue weighted by Crippen LogP contribution is -2.36. The molecule has 0 spiro atoms. The first-order valence-electron chi connectivity index (χ1n) is 8.48. The highest BCUT2D eigenvalue weighted by Crippen LogP contribution is 2.30. The van der Waals surface area contributed by atoms with E-state index in [1.807, 2.05) is 60.9 Å². The molecule has 28 heavy (non-hydrogen) atoms. The highest BCUT2D eigenvalue weighted by Gasteiger charge is 2.35. The van der Waals surface area contributed by atoms with Crippen LogP contribution < -0.4 is 5.32 Å². The van der Waals surface area contributed by atoms with E-state index in [2.05, 4.69) is 5.32 Å². The number of hydrogen-bond acceptors (Lipinski definition) is 5. The van der Waals surface area contributed by atoms with E-state index >= 15 is 0 Å². The Morgan fingerprint density at radius 1 is 1.14 bits per heavy atom. The molecule has 2 aromatic carbocycles. The minimum Gasteiger partial charge on any atom is -0.324 e. The van der Waals surface area contributed by atoms with Crippen LogP contribution in [0.5, 0.6) is 0 Å². The van der Waals surface area contributed by atoms with E-state index in [-0.39, 0.29) is 6.54 Å². The highest BCUT2D eigenvalue weighted by atomic mass is 32.2. The number of allylic oxidation sites excluding steroid dienone is 2. The Morgan fingerprint density at radius 2 is 1.93 bits per heavy atom. The van der Waals surface area contributed by atoms with E-state index in [0.29, 0.717) is 10.6 Å². The van der Waals surface area contributed by atoms with Crippen molar-refractivity contribution in [3.8, 4) is 0 Å². The van der Waals surface area contributed by atoms with Gasteiger partial charge in [-0.1, -0.05) is 48.6 Å². The molecule has 0 unspecified atom stereocenters. The summed E-state index contributed by atoms with van der Waals surface area (Å²) in [6.07, 6.45) is 7.11. The maximum absolute atomic E-state index is 12.4. The van der Waals surface area contributed by atoms with E-state index in [9.17, 15) is 14.4 Å². The maximum atomic E-state index is 12.4. The predicted molar refractivity (Wildman–Crippen MR) is 115 cm³/mol. The Labute approximate surface area is 171 Å². The first kappa shape index (κ1) is 20.0. The van der Waals surface area contributed by atoms with Crippen molar-refractivity contribution in [2.24, 2.45) is 0 Å². The molecular weight excluding hydrogens is 392 g/mol. The van der Waals surface area contributed by atoms with Crippen molar-refractivity contribution in [2.75, 3.05) is 18.1 Å². The number of carbonyl (C=O) groups is 3. The number of imide groups is 1. The second-order valence-electron chi connectivity index (χ2n) is 5.84. The molecule has 0 saturated carbocycles. The smallest absolute Gasteiger partial charge is 0.294 e. The van der Waals surface area contributed by atoms with Gasteiger partial charge in [-0.15, -0.1) is 11.8 Å². The molecule has 142 valence electrons. The van der Waals surface area contributed by atoms with Gasteiger partial charge in [0.25, 0.3) is 11.1 Å². The molecule has 0 atom stereocenters. The zero-order chi connectivity index (χ0) is 19.9. The van der Waals surface area contributed by atoms with Crippen molar-refractivity contribution in [3.63, 3.8) is 0 Å². The molecule has 7 heteroatoms. The minimum atomic E-state index is -0.458. The van der Waals surface area contributed by atoms with Crippen molar-refractivity contribution >= 4 is 52.3 Å². The van der Waals surface area contributed by atoms with Crippen LogP contribution in [-0.4, -0.2) is 34.8 Å². The van der Waals surface area contributed by atoms with E-state index < -0.39 is 17.1 Å².